The van der Waals surface area contributed by atoms with E-state index in [1.165, 1.54) is 0 Å². The topological polar surface area (TPSA) is 91.4 Å². The molecule has 0 unspecified atom stereocenters. The van der Waals surface area contributed by atoms with E-state index in [0.717, 1.165) is 17.7 Å². The van der Waals surface area contributed by atoms with Crippen LogP contribution in [0.1, 0.15) is 79.0 Å². The quantitative estimate of drug-likeness (QED) is 0.616. The van der Waals surface area contributed by atoms with Crippen LogP contribution in [-0.2, 0) is 9.53 Å². The van der Waals surface area contributed by atoms with E-state index in [2.05, 4.69) is 24.1 Å². The van der Waals surface area contributed by atoms with Gasteiger partial charge in [0.1, 0.15) is 5.69 Å². The van der Waals surface area contributed by atoms with Gasteiger partial charge in [-0.1, -0.05) is 32.0 Å². The number of ether oxygens (including phenoxy) is 1. The van der Waals surface area contributed by atoms with Gasteiger partial charge in [-0.2, -0.15) is 0 Å². The molecule has 28 heavy (non-hydrogen) atoms. The lowest BCUT2D eigenvalue weighted by atomic mass is 9.97. The van der Waals surface area contributed by atoms with Gasteiger partial charge < -0.3 is 20.1 Å². The Hall–Kier alpha value is -2.60. The molecule has 1 aromatic carbocycles. The van der Waals surface area contributed by atoms with E-state index in [1.54, 1.807) is 27.7 Å². The molecule has 0 spiro atoms. The van der Waals surface area contributed by atoms with E-state index >= 15 is 0 Å². The van der Waals surface area contributed by atoms with Crippen LogP contribution in [0.25, 0.3) is 0 Å². The Kier molecular flexibility index (Phi) is 7.02. The standard InChI is InChI=1S/C22H30N2O4/c1-7-12(2)17-10-8-9-11-18(17)24-21(26)16(6)28-22(27)20-13(3)19(15(5)25)14(4)23-20/h8-12,15-16,23,25H,7H2,1-6H3,(H,24,26)/t12-,15+,16-/m0/s1. The maximum Gasteiger partial charge on any atom is 0.355 e. The molecule has 1 heterocycles. The molecule has 152 valence electrons. The van der Waals surface area contributed by atoms with Gasteiger partial charge in [-0.15, -0.1) is 0 Å². The highest BCUT2D eigenvalue weighted by Crippen LogP contribution is 2.27. The van der Waals surface area contributed by atoms with Crippen LogP contribution in [0.4, 0.5) is 5.69 Å². The second kappa shape index (κ2) is 9.06. The third-order valence-corrected chi connectivity index (χ3v) is 5.13. The average Bonchev–Trinajstić information content (AvgIpc) is 2.95. The minimum absolute atomic E-state index is 0.257. The molecule has 0 fully saturated rings. The molecular formula is C22H30N2O4. The molecule has 0 aliphatic heterocycles. The fourth-order valence-electron chi connectivity index (χ4n) is 3.36. The van der Waals surface area contributed by atoms with E-state index in [0.29, 0.717) is 22.7 Å². The van der Waals surface area contributed by atoms with Gasteiger partial charge in [0.05, 0.1) is 6.10 Å². The maximum atomic E-state index is 12.6. The van der Waals surface area contributed by atoms with Gasteiger partial charge >= 0.3 is 5.97 Å². The second-order valence-electron chi connectivity index (χ2n) is 7.27. The number of hydrogen-bond donors (Lipinski definition) is 3. The molecule has 0 bridgehead atoms. The summed E-state index contributed by atoms with van der Waals surface area (Å²) in [7, 11) is 0. The highest BCUT2D eigenvalue weighted by molar-refractivity contribution is 5.97. The lowest BCUT2D eigenvalue weighted by Gasteiger charge is -2.18. The van der Waals surface area contributed by atoms with Crippen molar-refractivity contribution in [3.63, 3.8) is 0 Å². The Morgan fingerprint density at radius 1 is 1.18 bits per heavy atom. The van der Waals surface area contributed by atoms with E-state index in [1.807, 2.05) is 24.3 Å². The first kappa shape index (κ1) is 21.7. The first-order valence-electron chi connectivity index (χ1n) is 9.65. The van der Waals surface area contributed by atoms with Gasteiger partial charge in [-0.3, -0.25) is 4.79 Å². The third kappa shape index (κ3) is 4.62. The Labute approximate surface area is 166 Å². The van der Waals surface area contributed by atoms with Crippen molar-refractivity contribution < 1.29 is 19.4 Å². The van der Waals surface area contributed by atoms with Crippen molar-refractivity contribution >= 4 is 17.6 Å². The second-order valence-corrected chi connectivity index (χ2v) is 7.27. The summed E-state index contributed by atoms with van der Waals surface area (Å²) in [5, 5.41) is 12.7. The number of aromatic nitrogens is 1. The maximum absolute atomic E-state index is 12.6. The summed E-state index contributed by atoms with van der Waals surface area (Å²) in [6.07, 6.45) is -0.708. The Morgan fingerprint density at radius 3 is 2.39 bits per heavy atom. The highest BCUT2D eigenvalue weighted by atomic mass is 16.5. The summed E-state index contributed by atoms with van der Waals surface area (Å²) in [6, 6.07) is 7.64. The Morgan fingerprint density at radius 2 is 1.82 bits per heavy atom. The minimum atomic E-state index is -0.963. The van der Waals surface area contributed by atoms with Gasteiger partial charge in [0.15, 0.2) is 6.10 Å². The van der Waals surface area contributed by atoms with Gasteiger partial charge in [0, 0.05) is 16.9 Å². The third-order valence-electron chi connectivity index (χ3n) is 5.13. The first-order chi connectivity index (χ1) is 13.2. The minimum Gasteiger partial charge on any atom is -0.448 e. The summed E-state index contributed by atoms with van der Waals surface area (Å²) < 4.78 is 5.36. The summed E-state index contributed by atoms with van der Waals surface area (Å²) >= 11 is 0. The molecule has 0 saturated heterocycles. The average molecular weight is 386 g/mol. The summed E-state index contributed by atoms with van der Waals surface area (Å²) in [4.78, 5) is 28.0. The molecule has 1 amide bonds. The predicted molar refractivity (Wildman–Crippen MR) is 110 cm³/mol. The van der Waals surface area contributed by atoms with E-state index in [-0.39, 0.29) is 11.6 Å². The van der Waals surface area contributed by atoms with Crippen LogP contribution >= 0.6 is 0 Å². The normalized spacial score (nSPS) is 14.2. The van der Waals surface area contributed by atoms with Crippen molar-refractivity contribution in [2.24, 2.45) is 0 Å². The summed E-state index contributed by atoms with van der Waals surface area (Å²) in [6.45, 7) is 10.9. The first-order valence-corrected chi connectivity index (χ1v) is 9.65. The predicted octanol–water partition coefficient (Wildman–Crippen LogP) is 4.38. The van der Waals surface area contributed by atoms with E-state index in [9.17, 15) is 14.7 Å². The molecule has 6 heteroatoms. The monoisotopic (exact) mass is 386 g/mol. The molecule has 0 saturated carbocycles. The number of nitrogens with one attached hydrogen (secondary N) is 2. The van der Waals surface area contributed by atoms with Gasteiger partial charge in [0.2, 0.25) is 0 Å². The number of aliphatic hydroxyl groups excluding tert-OH is 1. The molecule has 3 atom stereocenters. The molecule has 1 aromatic heterocycles. The van der Waals surface area contributed by atoms with Crippen molar-refractivity contribution in [3.8, 4) is 0 Å². The van der Waals surface area contributed by atoms with Crippen LogP contribution < -0.4 is 5.32 Å². The molecule has 3 N–H and O–H groups in total. The number of carbonyl (C=O) groups is 2. The van der Waals surface area contributed by atoms with E-state index in [4.69, 9.17) is 4.74 Å². The van der Waals surface area contributed by atoms with Crippen LogP contribution in [-0.4, -0.2) is 28.1 Å². The van der Waals surface area contributed by atoms with Crippen LogP contribution in [0.2, 0.25) is 0 Å². The number of amides is 1. The molecule has 6 nitrogen and oxygen atoms in total. The Balaban J connectivity index is 2.12. The van der Waals surface area contributed by atoms with Gasteiger partial charge in [-0.25, -0.2) is 4.79 Å². The van der Waals surface area contributed by atoms with Crippen molar-refractivity contribution in [1.82, 2.24) is 4.98 Å². The van der Waals surface area contributed by atoms with Crippen LogP contribution in [0.3, 0.4) is 0 Å². The number of aromatic amines is 1. The fraction of sp³-hybridized carbons (Fsp3) is 0.455. The number of aliphatic hydroxyl groups is 1. The number of carbonyl (C=O) groups excluding carboxylic acids is 2. The molecular weight excluding hydrogens is 356 g/mol. The molecule has 2 aromatic rings. The number of rotatable bonds is 7. The zero-order chi connectivity index (χ0) is 21.0. The SMILES string of the molecule is CC[C@H](C)c1ccccc1NC(=O)[C@H](C)OC(=O)c1[nH]c(C)c([C@@H](C)O)c1C. The van der Waals surface area contributed by atoms with Crippen molar-refractivity contribution in [2.45, 2.75) is 66.1 Å². The lowest BCUT2D eigenvalue weighted by molar-refractivity contribution is -0.123. The number of para-hydroxylation sites is 1. The zero-order valence-electron chi connectivity index (χ0n) is 17.4. The number of aryl methyl sites for hydroxylation is 1. The highest BCUT2D eigenvalue weighted by Gasteiger charge is 2.25. The number of H-pyrrole nitrogens is 1. The summed E-state index contributed by atoms with van der Waals surface area (Å²) in [5.41, 5.74) is 4.05. The fourth-order valence-corrected chi connectivity index (χ4v) is 3.36. The largest absolute Gasteiger partial charge is 0.448 e. The van der Waals surface area contributed by atoms with Gasteiger partial charge in [0.25, 0.3) is 5.91 Å². The van der Waals surface area contributed by atoms with Crippen LogP contribution in [0.15, 0.2) is 24.3 Å². The van der Waals surface area contributed by atoms with Crippen LogP contribution in [0, 0.1) is 13.8 Å². The molecule has 0 aliphatic carbocycles. The lowest BCUT2D eigenvalue weighted by Crippen LogP contribution is -2.30. The number of hydrogen-bond acceptors (Lipinski definition) is 4. The zero-order valence-corrected chi connectivity index (χ0v) is 17.4. The molecule has 0 aliphatic rings. The van der Waals surface area contributed by atoms with Crippen molar-refractivity contribution in [1.29, 1.82) is 0 Å². The molecule has 2 rings (SSSR count). The summed E-state index contributed by atoms with van der Waals surface area (Å²) in [5.74, 6) is -0.705. The molecule has 0 radical (unpaired) electrons. The Bertz CT molecular complexity index is 854. The smallest absolute Gasteiger partial charge is 0.355 e. The number of anilines is 1. The van der Waals surface area contributed by atoms with Crippen molar-refractivity contribution in [2.75, 3.05) is 5.32 Å². The number of benzene rings is 1. The van der Waals surface area contributed by atoms with Crippen LogP contribution in [0.5, 0.6) is 0 Å². The number of esters is 1. The van der Waals surface area contributed by atoms with Gasteiger partial charge in [-0.05, 0) is 57.2 Å². The van der Waals surface area contributed by atoms with E-state index < -0.39 is 18.2 Å². The van der Waals surface area contributed by atoms with Crippen molar-refractivity contribution in [3.05, 3.63) is 52.3 Å².